The van der Waals surface area contributed by atoms with Crippen LogP contribution < -0.4 is 0 Å². The number of carbonyl (C=O) groups is 4. The molecular weight excluding hydrogens is 472 g/mol. The maximum atomic E-state index is 12.6. The van der Waals surface area contributed by atoms with E-state index in [2.05, 4.69) is 13.8 Å². The molecule has 2 saturated carbocycles. The average molecular weight is 507 g/mol. The van der Waals surface area contributed by atoms with E-state index in [0.717, 1.165) is 29.7 Å². The Morgan fingerprint density at radius 1 is 1.06 bits per heavy atom. The van der Waals surface area contributed by atoms with Gasteiger partial charge in [-0.3, -0.25) is 19.2 Å². The smallest absolute Gasteiger partial charge is 0.303 e. The lowest BCUT2D eigenvalue weighted by Crippen LogP contribution is -2.57. The Morgan fingerprint density at radius 3 is 2.35 bits per heavy atom. The zero-order chi connectivity index (χ0) is 25.1. The summed E-state index contributed by atoms with van der Waals surface area (Å²) in [6.45, 7) is 7.35. The fraction of sp³-hybridized carbons (Fsp3) is 0.692. The van der Waals surface area contributed by atoms with Gasteiger partial charge in [-0.2, -0.15) is 0 Å². The molecule has 0 aromatic carbocycles. The van der Waals surface area contributed by atoms with Crippen LogP contribution in [-0.2, 0) is 19.2 Å². The molecule has 0 amide bonds. The van der Waals surface area contributed by atoms with Crippen LogP contribution in [0.1, 0.15) is 72.6 Å². The molecule has 7 atom stereocenters. The third kappa shape index (κ3) is 4.03. The SMILES string of the molecule is CC(=O)SC1=CC2=CC(=O)CC(SC(C)=O)[C@]2(C)C2CC[C@@]3(C)C(CCC3(O)CCC(=O)O)C12. The number of carboxylic acid groups (broad SMARTS) is 1. The monoisotopic (exact) mass is 506 g/mol. The van der Waals surface area contributed by atoms with E-state index in [4.69, 9.17) is 0 Å². The molecule has 0 bridgehead atoms. The highest BCUT2D eigenvalue weighted by atomic mass is 32.2. The normalized spacial score (nSPS) is 41.0. The van der Waals surface area contributed by atoms with Gasteiger partial charge in [-0.05, 0) is 77.9 Å². The molecule has 0 saturated heterocycles. The quantitative estimate of drug-likeness (QED) is 0.550. The van der Waals surface area contributed by atoms with Gasteiger partial charge in [0.2, 0.25) is 0 Å². The van der Waals surface area contributed by atoms with Gasteiger partial charge >= 0.3 is 5.97 Å². The zero-order valence-corrected chi connectivity index (χ0v) is 21.9. The van der Waals surface area contributed by atoms with Gasteiger partial charge in [-0.1, -0.05) is 37.4 Å². The third-order valence-corrected chi connectivity index (χ3v) is 11.5. The Morgan fingerprint density at radius 2 is 1.74 bits per heavy atom. The third-order valence-electron chi connectivity index (χ3n) is 9.30. The predicted molar refractivity (Wildman–Crippen MR) is 133 cm³/mol. The Labute approximate surface area is 209 Å². The number of carbonyl (C=O) groups excluding carboxylic acids is 3. The summed E-state index contributed by atoms with van der Waals surface area (Å²) >= 11 is 2.47. The molecule has 0 aliphatic heterocycles. The molecule has 0 radical (unpaired) electrons. The summed E-state index contributed by atoms with van der Waals surface area (Å²) in [6.07, 6.45) is 7.06. The second-order valence-corrected chi connectivity index (χ2v) is 13.6. The van der Waals surface area contributed by atoms with Crippen LogP contribution in [0.3, 0.4) is 0 Å². The van der Waals surface area contributed by atoms with E-state index in [-0.39, 0.29) is 51.9 Å². The molecule has 8 heteroatoms. The molecule has 0 spiro atoms. The minimum atomic E-state index is -1.06. The molecule has 6 nitrogen and oxygen atoms in total. The van der Waals surface area contributed by atoms with Crippen molar-refractivity contribution in [2.45, 2.75) is 83.5 Å². The highest BCUT2D eigenvalue weighted by Crippen LogP contribution is 2.69. The number of ketones is 1. The maximum absolute atomic E-state index is 12.6. The van der Waals surface area contributed by atoms with Crippen molar-refractivity contribution in [3.05, 3.63) is 22.6 Å². The lowest BCUT2D eigenvalue weighted by Gasteiger charge is -2.60. The summed E-state index contributed by atoms with van der Waals surface area (Å²) in [4.78, 5) is 49.2. The standard InChI is InChI=1S/C26H34O6S2/c1-14(27)33-20-12-16-11-17(29)13-21(34-15(2)28)25(16,4)19-5-8-24(3)18(23(19)20)6-9-26(24,32)10-7-22(30)31/h11-12,18-19,21,23,32H,5-10,13H2,1-4H3,(H,30,31)/t18?,19?,21?,23?,24-,25-,26?/m0/s1. The summed E-state index contributed by atoms with van der Waals surface area (Å²) in [5.74, 6) is -0.634. The Hall–Kier alpha value is -1.38. The maximum Gasteiger partial charge on any atom is 0.303 e. The van der Waals surface area contributed by atoms with Crippen molar-refractivity contribution >= 4 is 45.5 Å². The van der Waals surface area contributed by atoms with Gasteiger partial charge in [0.15, 0.2) is 16.0 Å². The summed E-state index contributed by atoms with van der Waals surface area (Å²) < 4.78 is 0. The van der Waals surface area contributed by atoms with Crippen LogP contribution in [0.2, 0.25) is 0 Å². The van der Waals surface area contributed by atoms with E-state index >= 15 is 0 Å². The summed E-state index contributed by atoms with van der Waals surface area (Å²) in [5, 5.41) is 20.8. The van der Waals surface area contributed by atoms with Crippen molar-refractivity contribution in [3.8, 4) is 0 Å². The molecule has 2 N–H and O–H groups in total. The van der Waals surface area contributed by atoms with Gasteiger partial charge in [0.25, 0.3) is 0 Å². The average Bonchev–Trinajstić information content (AvgIpc) is 2.99. The first-order valence-corrected chi connectivity index (χ1v) is 13.8. The largest absolute Gasteiger partial charge is 0.481 e. The van der Waals surface area contributed by atoms with E-state index in [9.17, 15) is 29.4 Å². The predicted octanol–water partition coefficient (Wildman–Crippen LogP) is 4.76. The van der Waals surface area contributed by atoms with Gasteiger partial charge in [-0.25, -0.2) is 0 Å². The van der Waals surface area contributed by atoms with E-state index in [0.29, 0.717) is 12.8 Å². The summed E-state index contributed by atoms with van der Waals surface area (Å²) in [6, 6.07) is 0. The second kappa shape index (κ2) is 8.93. The van der Waals surface area contributed by atoms with Crippen LogP contribution in [0.25, 0.3) is 0 Å². The van der Waals surface area contributed by atoms with Crippen molar-refractivity contribution in [1.82, 2.24) is 0 Å². The molecular formula is C26H34O6S2. The van der Waals surface area contributed by atoms with Gasteiger partial charge in [0.05, 0.1) is 5.60 Å². The number of hydrogen-bond donors (Lipinski definition) is 2. The first-order valence-electron chi connectivity index (χ1n) is 12.1. The summed E-state index contributed by atoms with van der Waals surface area (Å²) in [5.41, 5.74) is -0.986. The van der Waals surface area contributed by atoms with Crippen molar-refractivity contribution in [2.24, 2.45) is 28.6 Å². The van der Waals surface area contributed by atoms with Crippen molar-refractivity contribution < 1.29 is 29.4 Å². The van der Waals surface area contributed by atoms with Gasteiger partial charge in [0, 0.05) is 37.4 Å². The molecule has 5 unspecified atom stereocenters. The van der Waals surface area contributed by atoms with E-state index in [1.807, 2.05) is 6.08 Å². The van der Waals surface area contributed by atoms with Crippen molar-refractivity contribution in [3.63, 3.8) is 0 Å². The van der Waals surface area contributed by atoms with Crippen molar-refractivity contribution in [2.75, 3.05) is 0 Å². The van der Waals surface area contributed by atoms with Crippen LogP contribution in [0, 0.1) is 28.6 Å². The zero-order valence-electron chi connectivity index (χ0n) is 20.3. The summed E-state index contributed by atoms with van der Waals surface area (Å²) in [7, 11) is 0. The molecule has 0 aromatic rings. The highest BCUT2D eigenvalue weighted by Gasteiger charge is 2.65. The molecule has 4 rings (SSSR count). The number of thioether (sulfide) groups is 2. The fourth-order valence-electron chi connectivity index (χ4n) is 7.54. The van der Waals surface area contributed by atoms with E-state index in [1.165, 1.54) is 23.5 Å². The first-order chi connectivity index (χ1) is 15.8. The van der Waals surface area contributed by atoms with Gasteiger partial charge < -0.3 is 10.2 Å². The van der Waals surface area contributed by atoms with E-state index < -0.39 is 22.4 Å². The molecule has 2 fully saturated rings. The molecule has 4 aliphatic rings. The van der Waals surface area contributed by atoms with Crippen LogP contribution in [0.15, 0.2) is 22.6 Å². The lowest BCUT2D eigenvalue weighted by molar-refractivity contribution is -0.144. The lowest BCUT2D eigenvalue weighted by atomic mass is 9.47. The number of rotatable bonds is 5. The topological polar surface area (TPSA) is 109 Å². The van der Waals surface area contributed by atoms with E-state index in [1.54, 1.807) is 19.9 Å². The minimum absolute atomic E-state index is 0.00530. The Kier molecular flexibility index (Phi) is 6.75. The molecule has 186 valence electrons. The Bertz CT molecular complexity index is 1000. The van der Waals surface area contributed by atoms with Gasteiger partial charge in [-0.15, -0.1) is 0 Å². The second-order valence-electron chi connectivity index (χ2n) is 11.0. The Balaban J connectivity index is 1.81. The fourth-order valence-corrected chi connectivity index (χ4v) is 9.73. The molecule has 4 aliphatic carbocycles. The number of allylic oxidation sites excluding steroid dienone is 4. The number of hydrogen-bond acceptors (Lipinski definition) is 7. The first kappa shape index (κ1) is 25.7. The minimum Gasteiger partial charge on any atom is -0.481 e. The number of carboxylic acids is 1. The van der Waals surface area contributed by atoms with Gasteiger partial charge in [0.1, 0.15) is 0 Å². The van der Waals surface area contributed by atoms with Crippen molar-refractivity contribution in [1.29, 1.82) is 0 Å². The number of aliphatic hydroxyl groups is 1. The number of fused-ring (bicyclic) bond motifs is 5. The molecule has 34 heavy (non-hydrogen) atoms. The molecule has 0 aromatic heterocycles. The van der Waals surface area contributed by atoms with Crippen LogP contribution in [0.5, 0.6) is 0 Å². The number of aliphatic carboxylic acids is 1. The van der Waals surface area contributed by atoms with Crippen LogP contribution in [-0.4, -0.2) is 43.0 Å². The molecule has 0 heterocycles. The highest BCUT2D eigenvalue weighted by molar-refractivity contribution is 8.16. The van der Waals surface area contributed by atoms with Crippen LogP contribution >= 0.6 is 23.5 Å². The van der Waals surface area contributed by atoms with Crippen LogP contribution in [0.4, 0.5) is 0 Å².